The number of likely N-dealkylation sites (tertiary alicyclic amines) is 2. The van der Waals surface area contributed by atoms with Gasteiger partial charge in [0.1, 0.15) is 0 Å². The molecule has 4 amide bonds. The van der Waals surface area contributed by atoms with Crippen LogP contribution in [0.25, 0.3) is 0 Å². The molecule has 8 unspecified atom stereocenters. The van der Waals surface area contributed by atoms with Crippen molar-refractivity contribution < 1.29 is 19.2 Å². The third-order valence-electron chi connectivity index (χ3n) is 10.3. The number of amides is 4. The Morgan fingerprint density at radius 3 is 1.09 bits per heavy atom. The second-order valence-electron chi connectivity index (χ2n) is 12.3. The molecule has 4 aliphatic carbocycles. The molecule has 0 N–H and O–H groups in total. The molecule has 6 nitrogen and oxygen atoms in total. The number of imide groups is 2. The van der Waals surface area contributed by atoms with Gasteiger partial charge in [-0.2, -0.15) is 0 Å². The van der Waals surface area contributed by atoms with Crippen molar-refractivity contribution in [3.05, 3.63) is 24.3 Å². The van der Waals surface area contributed by atoms with Crippen molar-refractivity contribution in [1.29, 1.82) is 0 Å². The summed E-state index contributed by atoms with van der Waals surface area (Å²) in [5.74, 6) is -0.0979. The van der Waals surface area contributed by atoms with Gasteiger partial charge in [0.25, 0.3) is 0 Å². The zero-order valence-corrected chi connectivity index (χ0v) is 20.0. The molecule has 0 radical (unpaired) electrons. The molecule has 8 atom stereocenters. The molecule has 2 saturated carbocycles. The topological polar surface area (TPSA) is 74.8 Å². The van der Waals surface area contributed by atoms with Crippen LogP contribution in [-0.2, 0) is 19.2 Å². The molecule has 0 spiro atoms. The Bertz CT molecular complexity index is 875. The molecule has 6 rings (SSSR count). The van der Waals surface area contributed by atoms with Crippen LogP contribution in [0.15, 0.2) is 24.3 Å². The van der Waals surface area contributed by atoms with E-state index < -0.39 is 0 Å². The first kappa shape index (κ1) is 21.3. The van der Waals surface area contributed by atoms with Crippen molar-refractivity contribution in [2.45, 2.75) is 47.0 Å². The van der Waals surface area contributed by atoms with Crippen LogP contribution in [0.1, 0.15) is 47.0 Å². The van der Waals surface area contributed by atoms with Gasteiger partial charge in [-0.15, -0.1) is 0 Å². The summed E-state index contributed by atoms with van der Waals surface area (Å²) in [6, 6.07) is 0. The summed E-state index contributed by atoms with van der Waals surface area (Å²) < 4.78 is 0. The lowest BCUT2D eigenvalue weighted by molar-refractivity contribution is -0.142. The standard InChI is InChI=1S/C27H34N2O4/c1-26(2)14-8-9-15(26)19-18(14)22(30)28(23(19)31)12-6-5-7-13-29-24(32)20-16-10-11-17(27(16,3)4)21(20)25(29)33/h8-11,14-21H,5-7,12-13H2,1-4H3. The number of fused-ring (bicyclic) bond motifs is 10. The molecule has 0 aromatic carbocycles. The van der Waals surface area contributed by atoms with Crippen LogP contribution in [0.2, 0.25) is 0 Å². The van der Waals surface area contributed by atoms with Gasteiger partial charge in [0.2, 0.25) is 23.6 Å². The first-order chi connectivity index (χ1) is 15.6. The molecule has 176 valence electrons. The number of hydrogen-bond donors (Lipinski definition) is 0. The molecule has 2 aliphatic heterocycles. The second kappa shape index (κ2) is 6.67. The number of carbonyl (C=O) groups is 4. The maximum absolute atomic E-state index is 13.0. The Labute approximate surface area is 195 Å². The molecule has 2 heterocycles. The minimum Gasteiger partial charge on any atom is -0.282 e. The van der Waals surface area contributed by atoms with Gasteiger partial charge in [0, 0.05) is 13.1 Å². The van der Waals surface area contributed by atoms with Crippen molar-refractivity contribution in [1.82, 2.24) is 9.80 Å². The lowest BCUT2D eigenvalue weighted by atomic mass is 9.78. The SMILES string of the molecule is CC1(C)C2C=CC1C1C(=O)N(CCCCCN3C(=O)C4C(C3=O)C3C=CC4C3(C)C)C(=O)C12. The maximum atomic E-state index is 13.0. The highest BCUT2D eigenvalue weighted by molar-refractivity contribution is 6.07. The minimum absolute atomic E-state index is 0.00163. The largest absolute Gasteiger partial charge is 0.282 e. The first-order valence-electron chi connectivity index (χ1n) is 12.7. The summed E-state index contributed by atoms with van der Waals surface area (Å²) >= 11 is 0. The zero-order valence-electron chi connectivity index (χ0n) is 20.0. The maximum Gasteiger partial charge on any atom is 0.233 e. The van der Waals surface area contributed by atoms with Crippen molar-refractivity contribution in [3.63, 3.8) is 0 Å². The van der Waals surface area contributed by atoms with Crippen LogP contribution in [0.4, 0.5) is 0 Å². The molecular weight excluding hydrogens is 416 g/mol. The van der Waals surface area contributed by atoms with Crippen molar-refractivity contribution in [2.75, 3.05) is 13.1 Å². The highest BCUT2D eigenvalue weighted by atomic mass is 16.2. The van der Waals surface area contributed by atoms with Gasteiger partial charge in [0.15, 0.2) is 0 Å². The lowest BCUT2D eigenvalue weighted by Crippen LogP contribution is -2.37. The second-order valence-corrected chi connectivity index (χ2v) is 12.3. The summed E-state index contributed by atoms with van der Waals surface area (Å²) in [4.78, 5) is 55.1. The van der Waals surface area contributed by atoms with E-state index in [0.717, 1.165) is 6.42 Å². The average Bonchev–Trinajstić information content (AvgIpc) is 3.50. The number of nitrogens with zero attached hydrogens (tertiary/aromatic N) is 2. The van der Waals surface area contributed by atoms with E-state index >= 15 is 0 Å². The van der Waals surface area contributed by atoms with Crippen LogP contribution >= 0.6 is 0 Å². The number of rotatable bonds is 6. The molecular formula is C27H34N2O4. The Balaban J connectivity index is 1.02. The lowest BCUT2D eigenvalue weighted by Gasteiger charge is -2.28. The number of carbonyl (C=O) groups excluding carboxylic acids is 4. The average molecular weight is 451 g/mol. The van der Waals surface area contributed by atoms with Crippen LogP contribution in [0.3, 0.4) is 0 Å². The summed E-state index contributed by atoms with van der Waals surface area (Å²) in [6.07, 6.45) is 10.8. The van der Waals surface area contributed by atoms with E-state index in [4.69, 9.17) is 0 Å². The summed E-state index contributed by atoms with van der Waals surface area (Å²) in [6.45, 7) is 9.57. The first-order valence-corrected chi connectivity index (χ1v) is 12.7. The fourth-order valence-corrected chi connectivity index (χ4v) is 8.46. The number of allylic oxidation sites excluding steroid dienone is 4. The minimum atomic E-state index is -0.185. The van der Waals surface area contributed by atoms with Crippen LogP contribution in [0, 0.1) is 58.2 Å². The van der Waals surface area contributed by atoms with Gasteiger partial charge < -0.3 is 0 Å². The normalized spacial score (nSPS) is 42.9. The predicted molar refractivity (Wildman–Crippen MR) is 121 cm³/mol. The van der Waals surface area contributed by atoms with Crippen LogP contribution in [0.5, 0.6) is 0 Å². The van der Waals surface area contributed by atoms with Gasteiger partial charge in [-0.05, 0) is 53.8 Å². The highest BCUT2D eigenvalue weighted by Crippen LogP contribution is 2.63. The summed E-state index contributed by atoms with van der Waals surface area (Å²) in [7, 11) is 0. The zero-order chi connectivity index (χ0) is 23.4. The van der Waals surface area contributed by atoms with Gasteiger partial charge >= 0.3 is 0 Å². The summed E-state index contributed by atoms with van der Waals surface area (Å²) in [5, 5.41) is 0. The van der Waals surface area contributed by atoms with Crippen molar-refractivity contribution in [3.8, 4) is 0 Å². The van der Waals surface area contributed by atoms with Crippen LogP contribution < -0.4 is 0 Å². The predicted octanol–water partition coefficient (Wildman–Crippen LogP) is 3.04. The molecule has 6 aliphatic rings. The Morgan fingerprint density at radius 2 is 0.818 bits per heavy atom. The number of unbranched alkanes of at least 4 members (excludes halogenated alkanes) is 2. The molecule has 2 saturated heterocycles. The van der Waals surface area contributed by atoms with E-state index in [1.165, 1.54) is 9.80 Å². The van der Waals surface area contributed by atoms with E-state index in [0.29, 0.717) is 25.9 Å². The molecule has 0 aromatic heterocycles. The molecule has 4 bridgehead atoms. The van der Waals surface area contributed by atoms with Gasteiger partial charge in [-0.3, -0.25) is 29.0 Å². The van der Waals surface area contributed by atoms with Crippen molar-refractivity contribution >= 4 is 23.6 Å². The smallest absolute Gasteiger partial charge is 0.233 e. The molecule has 4 fully saturated rings. The van der Waals surface area contributed by atoms with E-state index in [1.54, 1.807) is 0 Å². The van der Waals surface area contributed by atoms with E-state index in [-0.39, 0.29) is 81.8 Å². The summed E-state index contributed by atoms with van der Waals surface area (Å²) in [5.41, 5.74) is -0.0197. The monoisotopic (exact) mass is 450 g/mol. The molecule has 33 heavy (non-hydrogen) atoms. The van der Waals surface area contributed by atoms with E-state index in [2.05, 4.69) is 52.0 Å². The van der Waals surface area contributed by atoms with Gasteiger partial charge in [-0.25, -0.2) is 0 Å². The quantitative estimate of drug-likeness (QED) is 0.354. The van der Waals surface area contributed by atoms with Gasteiger partial charge in [0.05, 0.1) is 23.7 Å². The Morgan fingerprint density at radius 1 is 0.545 bits per heavy atom. The van der Waals surface area contributed by atoms with Crippen molar-refractivity contribution in [2.24, 2.45) is 58.2 Å². The number of hydrogen-bond acceptors (Lipinski definition) is 4. The van der Waals surface area contributed by atoms with E-state index in [9.17, 15) is 19.2 Å². The Kier molecular flexibility index (Phi) is 4.30. The third kappa shape index (κ3) is 2.50. The molecule has 6 heteroatoms. The fraction of sp³-hybridized carbons (Fsp3) is 0.704. The van der Waals surface area contributed by atoms with Crippen LogP contribution in [-0.4, -0.2) is 46.5 Å². The fourth-order valence-electron chi connectivity index (χ4n) is 8.46. The van der Waals surface area contributed by atoms with Gasteiger partial charge in [-0.1, -0.05) is 52.0 Å². The highest BCUT2D eigenvalue weighted by Gasteiger charge is 2.67. The third-order valence-corrected chi connectivity index (χ3v) is 10.3. The van der Waals surface area contributed by atoms with E-state index in [1.807, 2.05) is 0 Å². The molecule has 0 aromatic rings. The Hall–Kier alpha value is -2.24.